The number of benzene rings is 1. The van der Waals surface area contributed by atoms with Crippen LogP contribution in [0.5, 0.6) is 0 Å². The van der Waals surface area contributed by atoms with Crippen LogP contribution in [0.1, 0.15) is 31.9 Å². The van der Waals surface area contributed by atoms with Gasteiger partial charge in [-0.25, -0.2) is 8.42 Å². The van der Waals surface area contributed by atoms with Crippen molar-refractivity contribution in [3.8, 4) is 0 Å². The van der Waals surface area contributed by atoms with Gasteiger partial charge in [0.1, 0.15) is 0 Å². The fourth-order valence-electron chi connectivity index (χ4n) is 2.70. The number of nitrogens with one attached hydrogen (secondary N) is 1. The summed E-state index contributed by atoms with van der Waals surface area (Å²) in [5, 5.41) is 3.22. The van der Waals surface area contributed by atoms with E-state index in [1.807, 2.05) is 43.9 Å². The van der Waals surface area contributed by atoms with E-state index in [9.17, 15) is 8.42 Å². The Hall–Kier alpha value is -0.560. The second-order valence-corrected chi connectivity index (χ2v) is 8.40. The molecule has 1 aromatic carbocycles. The van der Waals surface area contributed by atoms with Crippen LogP contribution in [0.4, 0.5) is 0 Å². The topological polar surface area (TPSA) is 49.4 Å². The van der Waals surface area contributed by atoms with E-state index >= 15 is 0 Å². The molecule has 1 aliphatic heterocycles. The van der Waals surface area contributed by atoms with Gasteiger partial charge in [0.2, 0.25) is 10.0 Å². The molecule has 1 fully saturated rings. The Bertz CT molecular complexity index is 571. The van der Waals surface area contributed by atoms with E-state index in [0.29, 0.717) is 11.4 Å². The summed E-state index contributed by atoms with van der Waals surface area (Å²) in [7, 11) is -1.49. The summed E-state index contributed by atoms with van der Waals surface area (Å²) in [6.45, 7) is 4.67. The first kappa shape index (κ1) is 16.8. The number of sulfonamides is 1. The van der Waals surface area contributed by atoms with E-state index in [2.05, 4.69) is 12.2 Å². The summed E-state index contributed by atoms with van der Waals surface area (Å²) in [4.78, 5) is 0.410. The quantitative estimate of drug-likeness (QED) is 0.902. The second-order valence-electron chi connectivity index (χ2n) is 5.36. The Morgan fingerprint density at radius 3 is 2.86 bits per heavy atom. The summed E-state index contributed by atoms with van der Waals surface area (Å²) in [6, 6.07) is 7.59. The van der Waals surface area contributed by atoms with Crippen molar-refractivity contribution in [2.24, 2.45) is 0 Å². The molecule has 0 spiro atoms. The van der Waals surface area contributed by atoms with Crippen molar-refractivity contribution < 1.29 is 8.42 Å². The van der Waals surface area contributed by atoms with Gasteiger partial charge in [-0.3, -0.25) is 0 Å². The number of nitrogens with zero attached hydrogens (tertiary/aromatic N) is 1. The summed E-state index contributed by atoms with van der Waals surface area (Å²) in [5.74, 6) is 1.74. The first-order chi connectivity index (χ1) is 10.0. The van der Waals surface area contributed by atoms with Crippen molar-refractivity contribution in [2.75, 3.05) is 25.1 Å². The van der Waals surface area contributed by atoms with Gasteiger partial charge in [0.25, 0.3) is 0 Å². The molecule has 0 amide bonds. The minimum absolute atomic E-state index is 0.0590. The number of hydrogen-bond acceptors (Lipinski definition) is 4. The maximum atomic E-state index is 12.8. The molecule has 1 saturated heterocycles. The fraction of sp³-hybridized carbons (Fsp3) is 0.600. The molecule has 2 unspecified atom stereocenters. The molecule has 1 aromatic rings. The van der Waals surface area contributed by atoms with E-state index in [-0.39, 0.29) is 12.1 Å². The van der Waals surface area contributed by atoms with Crippen molar-refractivity contribution in [1.29, 1.82) is 0 Å². The molecule has 1 N–H and O–H groups in total. The average molecular weight is 329 g/mol. The Kier molecular flexibility index (Phi) is 5.71. The van der Waals surface area contributed by atoms with Crippen LogP contribution in [0.15, 0.2) is 29.2 Å². The van der Waals surface area contributed by atoms with Gasteiger partial charge in [-0.05, 0) is 38.1 Å². The molecule has 1 aliphatic rings. The van der Waals surface area contributed by atoms with Gasteiger partial charge in [-0.15, -0.1) is 0 Å². The van der Waals surface area contributed by atoms with Crippen LogP contribution in [-0.2, 0) is 10.0 Å². The molecule has 0 aliphatic carbocycles. The Morgan fingerprint density at radius 1 is 1.48 bits per heavy atom. The van der Waals surface area contributed by atoms with Gasteiger partial charge in [0.15, 0.2) is 0 Å². The van der Waals surface area contributed by atoms with Gasteiger partial charge in [-0.1, -0.05) is 19.1 Å². The van der Waals surface area contributed by atoms with Crippen LogP contribution in [0, 0.1) is 0 Å². The largest absolute Gasteiger partial charge is 0.313 e. The third kappa shape index (κ3) is 3.62. The lowest BCUT2D eigenvalue weighted by Gasteiger charge is -2.32. The highest BCUT2D eigenvalue weighted by Gasteiger charge is 2.31. The van der Waals surface area contributed by atoms with Crippen LogP contribution >= 0.6 is 11.8 Å². The second kappa shape index (κ2) is 7.13. The van der Waals surface area contributed by atoms with E-state index in [1.165, 1.54) is 0 Å². The molecule has 0 radical (unpaired) electrons. The van der Waals surface area contributed by atoms with E-state index in [0.717, 1.165) is 23.5 Å². The predicted octanol–water partition coefficient (Wildman–Crippen LogP) is 2.48. The minimum atomic E-state index is -3.39. The normalized spacial score (nSPS) is 22.1. The molecule has 6 heteroatoms. The van der Waals surface area contributed by atoms with Crippen molar-refractivity contribution in [2.45, 2.75) is 37.2 Å². The van der Waals surface area contributed by atoms with E-state index < -0.39 is 10.0 Å². The highest BCUT2D eigenvalue weighted by molar-refractivity contribution is 7.99. The molecule has 118 valence electrons. The standard InChI is InChI=1S/C15H24N2O2S2/c1-4-15(16-3)13-6-5-7-14(10-13)21(18,19)17-8-9-20-11-12(17)2/h5-7,10,12,15-16H,4,8-9,11H2,1-3H3. The fourth-order valence-corrected chi connectivity index (χ4v) is 5.61. The molecule has 0 bridgehead atoms. The van der Waals surface area contributed by atoms with Crippen molar-refractivity contribution in [3.63, 3.8) is 0 Å². The molecule has 2 atom stereocenters. The molecule has 4 nitrogen and oxygen atoms in total. The smallest absolute Gasteiger partial charge is 0.243 e. The van der Waals surface area contributed by atoms with Gasteiger partial charge in [-0.2, -0.15) is 16.1 Å². The highest BCUT2D eigenvalue weighted by atomic mass is 32.2. The van der Waals surface area contributed by atoms with E-state index in [4.69, 9.17) is 0 Å². The third-order valence-corrected chi connectivity index (χ3v) is 7.13. The lowest BCUT2D eigenvalue weighted by molar-refractivity contribution is 0.367. The molecular formula is C15H24N2O2S2. The van der Waals surface area contributed by atoms with Gasteiger partial charge in [0, 0.05) is 30.1 Å². The van der Waals surface area contributed by atoms with Gasteiger partial charge < -0.3 is 5.32 Å². The van der Waals surface area contributed by atoms with Crippen molar-refractivity contribution in [1.82, 2.24) is 9.62 Å². The summed E-state index contributed by atoms with van der Waals surface area (Å²) >= 11 is 1.82. The van der Waals surface area contributed by atoms with Crippen molar-refractivity contribution in [3.05, 3.63) is 29.8 Å². The van der Waals surface area contributed by atoms with E-state index in [1.54, 1.807) is 10.4 Å². The molecule has 21 heavy (non-hydrogen) atoms. The van der Waals surface area contributed by atoms with Crippen LogP contribution in [0.2, 0.25) is 0 Å². The van der Waals surface area contributed by atoms with Crippen LogP contribution < -0.4 is 5.32 Å². The Morgan fingerprint density at radius 2 is 2.24 bits per heavy atom. The van der Waals surface area contributed by atoms with Crippen LogP contribution in [-0.4, -0.2) is 43.9 Å². The third-order valence-electron chi connectivity index (χ3n) is 3.93. The number of hydrogen-bond donors (Lipinski definition) is 1. The van der Waals surface area contributed by atoms with Crippen molar-refractivity contribution >= 4 is 21.8 Å². The molecule has 0 aromatic heterocycles. The van der Waals surface area contributed by atoms with Gasteiger partial charge >= 0.3 is 0 Å². The molecule has 2 rings (SSSR count). The lowest BCUT2D eigenvalue weighted by Crippen LogP contribution is -2.44. The molecule has 0 saturated carbocycles. The zero-order valence-electron chi connectivity index (χ0n) is 12.9. The number of thioether (sulfide) groups is 1. The minimum Gasteiger partial charge on any atom is -0.313 e. The summed E-state index contributed by atoms with van der Waals surface area (Å²) < 4.78 is 27.3. The van der Waals surface area contributed by atoms with Crippen LogP contribution in [0.3, 0.4) is 0 Å². The zero-order chi connectivity index (χ0) is 15.5. The maximum absolute atomic E-state index is 12.8. The molecular weight excluding hydrogens is 304 g/mol. The van der Waals surface area contributed by atoms with Crippen LogP contribution in [0.25, 0.3) is 0 Å². The summed E-state index contributed by atoms with van der Waals surface area (Å²) in [6.07, 6.45) is 0.927. The average Bonchev–Trinajstić information content (AvgIpc) is 2.49. The Balaban J connectivity index is 2.34. The number of rotatable bonds is 5. The highest BCUT2D eigenvalue weighted by Crippen LogP contribution is 2.26. The maximum Gasteiger partial charge on any atom is 0.243 e. The summed E-state index contributed by atoms with van der Waals surface area (Å²) in [5.41, 5.74) is 1.03. The SMILES string of the molecule is CCC(NC)c1cccc(S(=O)(=O)N2CCSCC2C)c1. The molecule has 1 heterocycles. The van der Waals surface area contributed by atoms with Gasteiger partial charge in [0.05, 0.1) is 4.90 Å². The lowest BCUT2D eigenvalue weighted by atomic mass is 10.1. The first-order valence-electron chi connectivity index (χ1n) is 7.37. The predicted molar refractivity (Wildman–Crippen MR) is 89.2 cm³/mol. The first-order valence-corrected chi connectivity index (χ1v) is 9.97. The monoisotopic (exact) mass is 328 g/mol. The Labute approximate surface area is 132 Å². The zero-order valence-corrected chi connectivity index (χ0v) is 14.5.